The van der Waals surface area contributed by atoms with Crippen molar-refractivity contribution in [2.45, 2.75) is 13.3 Å². The van der Waals surface area contributed by atoms with Gasteiger partial charge in [-0.3, -0.25) is 19.7 Å². The molecule has 0 aliphatic rings. The molecule has 0 bridgehead atoms. The molecule has 0 aliphatic heterocycles. The summed E-state index contributed by atoms with van der Waals surface area (Å²) in [7, 11) is 0. The molecule has 0 aliphatic carbocycles. The lowest BCUT2D eigenvalue weighted by molar-refractivity contribution is -0.387. The summed E-state index contributed by atoms with van der Waals surface area (Å²) >= 11 is 0. The molecule has 0 spiro atoms. The molecule has 1 aromatic rings. The van der Waals surface area contributed by atoms with Crippen LogP contribution in [0.15, 0.2) is 12.1 Å². The Balaban J connectivity index is 3.29. The van der Waals surface area contributed by atoms with E-state index in [1.165, 1.54) is 0 Å². The van der Waals surface area contributed by atoms with Gasteiger partial charge < -0.3 is 10.0 Å². The van der Waals surface area contributed by atoms with Crippen molar-refractivity contribution in [2.75, 3.05) is 13.1 Å². The predicted octanol–water partition coefficient (Wildman–Crippen LogP) is 1.81. The van der Waals surface area contributed by atoms with Crippen molar-refractivity contribution < 1.29 is 28.4 Å². The zero-order valence-corrected chi connectivity index (χ0v) is 11.0. The molecule has 0 radical (unpaired) electrons. The normalized spacial score (nSPS) is 10.2. The summed E-state index contributed by atoms with van der Waals surface area (Å²) in [6.45, 7) is 0.837. The molecule has 0 saturated heterocycles. The van der Waals surface area contributed by atoms with E-state index in [4.69, 9.17) is 5.11 Å². The van der Waals surface area contributed by atoms with E-state index in [0.717, 1.165) is 0 Å². The Bertz CT molecular complexity index is 591. The fourth-order valence-electron chi connectivity index (χ4n) is 1.72. The molecule has 0 aromatic heterocycles. The number of hydrogen-bond donors (Lipinski definition) is 1. The number of nitro benzene ring substituents is 1. The first-order valence-corrected chi connectivity index (χ1v) is 5.93. The van der Waals surface area contributed by atoms with Gasteiger partial charge in [-0.2, -0.15) is 4.39 Å². The molecule has 0 saturated carbocycles. The van der Waals surface area contributed by atoms with Crippen molar-refractivity contribution >= 4 is 17.6 Å². The monoisotopic (exact) mass is 302 g/mol. The molecule has 0 unspecified atom stereocenters. The maximum absolute atomic E-state index is 13.9. The van der Waals surface area contributed by atoms with Gasteiger partial charge in [0, 0.05) is 12.6 Å². The van der Waals surface area contributed by atoms with E-state index in [2.05, 4.69) is 0 Å². The molecule has 1 N–H and O–H groups in total. The van der Waals surface area contributed by atoms with E-state index in [9.17, 15) is 28.5 Å². The number of carboxylic acid groups (broad SMARTS) is 1. The van der Waals surface area contributed by atoms with E-state index in [1.807, 2.05) is 0 Å². The van der Waals surface area contributed by atoms with Crippen LogP contribution < -0.4 is 0 Å². The van der Waals surface area contributed by atoms with E-state index < -0.39 is 46.2 Å². The Morgan fingerprint density at radius 2 is 2.00 bits per heavy atom. The van der Waals surface area contributed by atoms with Gasteiger partial charge in [-0.05, 0) is 12.5 Å². The third-order valence-corrected chi connectivity index (χ3v) is 2.59. The standard InChI is InChI=1S/C12H12F2N2O5/c1-2-5-15(6-9(17)18)12(19)10-7(13)3-4-8(11(10)14)16(20)21/h3-4H,2,5-6H2,1H3,(H,17,18). The van der Waals surface area contributed by atoms with Gasteiger partial charge in [-0.25, -0.2) is 4.39 Å². The number of carboxylic acids is 1. The quantitative estimate of drug-likeness (QED) is 0.638. The molecule has 114 valence electrons. The van der Waals surface area contributed by atoms with Crippen molar-refractivity contribution in [2.24, 2.45) is 0 Å². The Hall–Kier alpha value is -2.58. The van der Waals surface area contributed by atoms with Gasteiger partial charge in [0.15, 0.2) is 0 Å². The molecular formula is C12H12F2N2O5. The number of nitro groups is 1. The van der Waals surface area contributed by atoms with Crippen LogP contribution in [0.3, 0.4) is 0 Å². The summed E-state index contributed by atoms with van der Waals surface area (Å²) in [5, 5.41) is 19.3. The highest BCUT2D eigenvalue weighted by Gasteiger charge is 2.29. The van der Waals surface area contributed by atoms with Gasteiger partial charge in [0.05, 0.1) is 4.92 Å². The molecule has 0 atom stereocenters. The number of hydrogen-bond acceptors (Lipinski definition) is 4. The number of aliphatic carboxylic acids is 1. The SMILES string of the molecule is CCCN(CC(=O)O)C(=O)c1c(F)ccc([N+](=O)[O-])c1F. The topological polar surface area (TPSA) is 101 Å². The molecule has 1 amide bonds. The summed E-state index contributed by atoms with van der Waals surface area (Å²) in [5.74, 6) is -5.49. The number of benzene rings is 1. The molecule has 0 fully saturated rings. The fourth-order valence-corrected chi connectivity index (χ4v) is 1.72. The fraction of sp³-hybridized carbons (Fsp3) is 0.333. The lowest BCUT2D eigenvalue weighted by Gasteiger charge is -2.20. The van der Waals surface area contributed by atoms with E-state index in [1.54, 1.807) is 6.92 Å². The van der Waals surface area contributed by atoms with Gasteiger partial charge in [0.25, 0.3) is 5.91 Å². The third-order valence-electron chi connectivity index (χ3n) is 2.59. The second kappa shape index (κ2) is 6.73. The van der Waals surface area contributed by atoms with Crippen molar-refractivity contribution in [1.29, 1.82) is 0 Å². The summed E-state index contributed by atoms with van der Waals surface area (Å²) < 4.78 is 27.5. The zero-order valence-electron chi connectivity index (χ0n) is 11.0. The second-order valence-corrected chi connectivity index (χ2v) is 4.13. The minimum atomic E-state index is -1.61. The van der Waals surface area contributed by atoms with Crippen LogP contribution in [0.2, 0.25) is 0 Å². The number of halogens is 2. The lowest BCUT2D eigenvalue weighted by Crippen LogP contribution is -2.37. The van der Waals surface area contributed by atoms with Crippen LogP contribution in [-0.2, 0) is 4.79 Å². The number of carbonyl (C=O) groups is 2. The van der Waals surface area contributed by atoms with E-state index in [0.29, 0.717) is 23.5 Å². The Kier molecular flexibility index (Phi) is 5.28. The van der Waals surface area contributed by atoms with E-state index >= 15 is 0 Å². The van der Waals surface area contributed by atoms with E-state index in [-0.39, 0.29) is 6.54 Å². The molecule has 9 heteroatoms. The highest BCUT2D eigenvalue weighted by molar-refractivity contribution is 5.97. The summed E-state index contributed by atoms with van der Waals surface area (Å²) in [6, 6.07) is 1.20. The summed E-state index contributed by atoms with van der Waals surface area (Å²) in [5.41, 5.74) is -2.18. The third kappa shape index (κ3) is 3.71. The first kappa shape index (κ1) is 16.5. The van der Waals surface area contributed by atoms with Crippen LogP contribution >= 0.6 is 0 Å². The molecule has 1 rings (SSSR count). The molecular weight excluding hydrogens is 290 g/mol. The smallest absolute Gasteiger partial charge is 0.323 e. The van der Waals surface area contributed by atoms with Crippen LogP contribution in [0.5, 0.6) is 0 Å². The maximum atomic E-state index is 13.9. The minimum Gasteiger partial charge on any atom is -0.480 e. The molecule has 21 heavy (non-hydrogen) atoms. The van der Waals surface area contributed by atoms with Crippen LogP contribution in [0.25, 0.3) is 0 Å². The van der Waals surface area contributed by atoms with Gasteiger partial charge in [0.1, 0.15) is 17.9 Å². The molecule has 7 nitrogen and oxygen atoms in total. The largest absolute Gasteiger partial charge is 0.480 e. The highest BCUT2D eigenvalue weighted by Crippen LogP contribution is 2.24. The van der Waals surface area contributed by atoms with Gasteiger partial charge in [0.2, 0.25) is 5.82 Å². The van der Waals surface area contributed by atoms with Crippen molar-refractivity contribution in [3.05, 3.63) is 39.4 Å². The average molecular weight is 302 g/mol. The van der Waals surface area contributed by atoms with Crippen molar-refractivity contribution in [1.82, 2.24) is 4.90 Å². The van der Waals surface area contributed by atoms with Crippen LogP contribution in [-0.4, -0.2) is 39.9 Å². The van der Waals surface area contributed by atoms with Gasteiger partial charge in [-0.15, -0.1) is 0 Å². The first-order valence-electron chi connectivity index (χ1n) is 5.93. The number of carbonyl (C=O) groups excluding carboxylic acids is 1. The number of rotatable bonds is 6. The van der Waals surface area contributed by atoms with Crippen LogP contribution in [0.4, 0.5) is 14.5 Å². The average Bonchev–Trinajstić information content (AvgIpc) is 2.37. The summed E-state index contributed by atoms with van der Waals surface area (Å²) in [6.07, 6.45) is 0.358. The van der Waals surface area contributed by atoms with Crippen molar-refractivity contribution in [3.8, 4) is 0 Å². The second-order valence-electron chi connectivity index (χ2n) is 4.13. The Morgan fingerprint density at radius 3 is 2.48 bits per heavy atom. The van der Waals surface area contributed by atoms with Crippen LogP contribution in [0, 0.1) is 21.7 Å². The summed E-state index contributed by atoms with van der Waals surface area (Å²) in [4.78, 5) is 33.0. The Labute approximate surface area is 117 Å². The predicted molar refractivity (Wildman–Crippen MR) is 66.8 cm³/mol. The minimum absolute atomic E-state index is 0.0489. The number of amides is 1. The molecule has 1 aromatic carbocycles. The van der Waals surface area contributed by atoms with Crippen molar-refractivity contribution in [3.63, 3.8) is 0 Å². The molecule has 0 heterocycles. The maximum Gasteiger partial charge on any atom is 0.323 e. The van der Waals surface area contributed by atoms with Gasteiger partial charge in [-0.1, -0.05) is 6.92 Å². The Morgan fingerprint density at radius 1 is 1.38 bits per heavy atom. The van der Waals surface area contributed by atoms with Crippen LogP contribution in [0.1, 0.15) is 23.7 Å². The van der Waals surface area contributed by atoms with Gasteiger partial charge >= 0.3 is 11.7 Å². The first-order chi connectivity index (χ1) is 9.79. The highest BCUT2D eigenvalue weighted by atomic mass is 19.1. The zero-order chi connectivity index (χ0) is 16.2. The number of nitrogens with zero attached hydrogens (tertiary/aromatic N) is 2. The lowest BCUT2D eigenvalue weighted by atomic mass is 10.1.